The number of aliphatic carboxylic acids is 3. The molecule has 28 heavy (non-hydrogen) atoms. The van der Waals surface area contributed by atoms with Gasteiger partial charge in [0.2, 0.25) is 0 Å². The molecule has 0 aromatic carbocycles. The molecule has 0 fully saturated rings. The average molecular weight is 502 g/mol. The van der Waals surface area contributed by atoms with Gasteiger partial charge in [0.05, 0.1) is 19.3 Å². The van der Waals surface area contributed by atoms with E-state index in [0.717, 1.165) is 20.8 Å². The fraction of sp³-hybridized carbons (Fsp3) is 0.400. The Labute approximate surface area is 177 Å². The third-order valence-corrected chi connectivity index (χ3v) is 1.91. The number of carbonyl (C=O) groups excluding carboxylic acids is 9. The van der Waals surface area contributed by atoms with Gasteiger partial charge in [0.25, 0.3) is 0 Å². The number of carboxylic acid groups (broad SMARTS) is 3. The van der Waals surface area contributed by atoms with Crippen molar-refractivity contribution >= 4 is 78.5 Å². The summed E-state index contributed by atoms with van der Waals surface area (Å²) in [7, 11) is 0. The van der Waals surface area contributed by atoms with Crippen LogP contribution in [-0.2, 0) is 43.2 Å². The zero-order chi connectivity index (χ0) is 22.3. The fourth-order valence-electron chi connectivity index (χ4n) is 0.895. The zero-order valence-electron chi connectivity index (χ0n) is 15.1. The molecule has 0 radical (unpaired) electrons. The van der Waals surface area contributed by atoms with Gasteiger partial charge in [-0.05, 0) is 20.8 Å². The normalized spacial score (nSPS) is 8.25. The number of ketones is 6. The Morgan fingerprint density at radius 1 is 0.464 bits per heavy atom. The molecule has 0 N–H and O–H groups in total. The van der Waals surface area contributed by atoms with Crippen LogP contribution in [0.3, 0.4) is 0 Å². The minimum atomic E-state index is -1.80. The first-order valence-electron chi connectivity index (χ1n) is 6.82. The number of hydrogen-bond acceptors (Lipinski definition) is 12. The van der Waals surface area contributed by atoms with E-state index < -0.39 is 71.9 Å². The zero-order valence-corrected chi connectivity index (χ0v) is 18.4. The topological polar surface area (TPSA) is 223 Å². The molecule has 0 aliphatic heterocycles. The second kappa shape index (κ2) is 17.7. The molecule has 12 nitrogen and oxygen atoms in total. The first-order valence-corrected chi connectivity index (χ1v) is 6.82. The van der Waals surface area contributed by atoms with Gasteiger partial charge in [0.1, 0.15) is 35.3 Å². The molecule has 0 rings (SSSR count). The molecular weight excluding hydrogens is 487 g/mol. The van der Waals surface area contributed by atoms with Crippen LogP contribution in [0.4, 0.5) is 0 Å². The summed E-state index contributed by atoms with van der Waals surface area (Å²) in [6.07, 6.45) is -1.70. The molecule has 0 aliphatic rings. The second-order valence-electron chi connectivity index (χ2n) is 4.77. The van der Waals surface area contributed by atoms with Gasteiger partial charge < -0.3 is 29.7 Å². The minimum absolute atomic E-state index is 0. The Hall–Kier alpha value is -2.70. The van der Waals surface area contributed by atoms with Crippen LogP contribution >= 0.6 is 0 Å². The van der Waals surface area contributed by atoms with Crippen LogP contribution in [0.15, 0.2) is 0 Å². The minimum Gasteiger partial charge on any atom is -0.542 e. The van der Waals surface area contributed by atoms with Gasteiger partial charge in [-0.1, -0.05) is 0 Å². The number of carboxylic acids is 3. The summed E-state index contributed by atoms with van der Waals surface area (Å²) in [6.45, 7) is 3.42. The van der Waals surface area contributed by atoms with Crippen LogP contribution in [-0.4, -0.2) is 78.5 Å². The van der Waals surface area contributed by atoms with Crippen LogP contribution < -0.4 is 15.3 Å². The van der Waals surface area contributed by atoms with Crippen LogP contribution in [0.2, 0.25) is 0 Å². The largest absolute Gasteiger partial charge is 3.00 e. The Morgan fingerprint density at radius 3 is 0.643 bits per heavy atom. The van der Waals surface area contributed by atoms with E-state index in [0.29, 0.717) is 0 Å². The van der Waals surface area contributed by atoms with E-state index in [1.54, 1.807) is 0 Å². The van der Waals surface area contributed by atoms with Crippen LogP contribution in [0.5, 0.6) is 0 Å². The van der Waals surface area contributed by atoms with Crippen molar-refractivity contribution in [2.45, 2.75) is 40.0 Å². The predicted molar refractivity (Wildman–Crippen MR) is 81.7 cm³/mol. The van der Waals surface area contributed by atoms with Crippen molar-refractivity contribution < 1.29 is 58.5 Å². The predicted octanol–water partition coefficient (Wildman–Crippen LogP) is -5.53. The second-order valence-corrected chi connectivity index (χ2v) is 4.77. The van der Waals surface area contributed by atoms with E-state index in [9.17, 15) is 58.5 Å². The Balaban J connectivity index is -0.000000152. The average Bonchev–Trinajstić information content (AvgIpc) is 2.46. The third-order valence-electron chi connectivity index (χ3n) is 1.91. The molecule has 0 aromatic heterocycles. The molecule has 0 saturated heterocycles. The van der Waals surface area contributed by atoms with E-state index in [1.807, 2.05) is 0 Å². The Bertz CT molecular complexity index is 572. The number of Topliss-reactive ketones (excluding diaryl/α,β-unsaturated/α-hetero) is 6. The van der Waals surface area contributed by atoms with Crippen molar-refractivity contribution in [1.82, 2.24) is 0 Å². The SMILES string of the molecule is CC(=O)CC(=O)C(=O)[O-].CC(=O)CC(=O)C(=O)[O-].CC(=O)CC(=O)C(=O)[O-].[In+3]. The number of rotatable bonds is 9. The van der Waals surface area contributed by atoms with Crippen LogP contribution in [0, 0.1) is 0 Å². The van der Waals surface area contributed by atoms with E-state index in [2.05, 4.69) is 0 Å². The molecule has 0 aromatic rings. The van der Waals surface area contributed by atoms with Gasteiger partial charge >= 0.3 is 25.8 Å². The maximum absolute atomic E-state index is 10.1. The Kier molecular flexibility index (Phi) is 20.8. The molecule has 0 spiro atoms. The summed E-state index contributed by atoms with van der Waals surface area (Å²) in [5, 5.41) is 28.9. The first kappa shape index (κ1) is 32.9. The van der Waals surface area contributed by atoms with E-state index >= 15 is 0 Å². The molecule has 0 amide bonds. The first-order chi connectivity index (χ1) is 12.1. The van der Waals surface area contributed by atoms with Crippen molar-refractivity contribution in [2.75, 3.05) is 0 Å². The summed E-state index contributed by atoms with van der Waals surface area (Å²) < 4.78 is 0. The maximum atomic E-state index is 10.1. The maximum Gasteiger partial charge on any atom is 3.00 e. The quantitative estimate of drug-likeness (QED) is 0.213. The summed E-state index contributed by atoms with van der Waals surface area (Å²) >= 11 is 0. The summed E-state index contributed by atoms with van der Waals surface area (Å²) in [5.74, 6) is -10.3. The fourth-order valence-corrected chi connectivity index (χ4v) is 0.895. The molecule has 13 heteroatoms. The number of hydrogen-bond donors (Lipinski definition) is 0. The molecule has 0 unspecified atom stereocenters. The van der Waals surface area contributed by atoms with Crippen molar-refractivity contribution in [3.05, 3.63) is 0 Å². The van der Waals surface area contributed by atoms with Gasteiger partial charge in [-0.15, -0.1) is 0 Å². The van der Waals surface area contributed by atoms with Crippen molar-refractivity contribution in [3.63, 3.8) is 0 Å². The molecule has 150 valence electrons. The van der Waals surface area contributed by atoms with Gasteiger partial charge in [0.15, 0.2) is 17.3 Å². The molecule has 0 atom stereocenters. The van der Waals surface area contributed by atoms with Crippen molar-refractivity contribution in [2.24, 2.45) is 0 Å². The van der Waals surface area contributed by atoms with Crippen molar-refractivity contribution in [1.29, 1.82) is 0 Å². The molecular formula is C15H15InO12. The van der Waals surface area contributed by atoms with Crippen LogP contribution in [0.25, 0.3) is 0 Å². The van der Waals surface area contributed by atoms with E-state index in [1.165, 1.54) is 0 Å². The Morgan fingerprint density at radius 2 is 0.607 bits per heavy atom. The van der Waals surface area contributed by atoms with Gasteiger partial charge in [-0.25, -0.2) is 0 Å². The smallest absolute Gasteiger partial charge is 0.542 e. The molecule has 0 heterocycles. The van der Waals surface area contributed by atoms with Crippen LogP contribution in [0.1, 0.15) is 40.0 Å². The van der Waals surface area contributed by atoms with E-state index in [4.69, 9.17) is 0 Å². The van der Waals surface area contributed by atoms with Crippen molar-refractivity contribution in [3.8, 4) is 0 Å². The summed E-state index contributed by atoms with van der Waals surface area (Å²) in [4.78, 5) is 89.2. The summed E-state index contributed by atoms with van der Waals surface area (Å²) in [6, 6.07) is 0. The molecule has 0 bridgehead atoms. The van der Waals surface area contributed by atoms with E-state index in [-0.39, 0.29) is 25.8 Å². The standard InChI is InChI=1S/3C5H6O4.In/c3*1-3(6)2-4(7)5(8)9;/h3*2H2,1H3,(H,8,9);/q;;;+3/p-3. The third kappa shape index (κ3) is 25.5. The van der Waals surface area contributed by atoms with Gasteiger partial charge in [-0.3, -0.25) is 28.8 Å². The summed E-state index contributed by atoms with van der Waals surface area (Å²) in [5.41, 5.74) is 0. The molecule has 0 saturated carbocycles. The monoisotopic (exact) mass is 502 g/mol. The molecule has 0 aliphatic carbocycles. The van der Waals surface area contributed by atoms with Gasteiger partial charge in [-0.2, -0.15) is 0 Å². The van der Waals surface area contributed by atoms with Gasteiger partial charge in [0, 0.05) is 0 Å². The number of carbonyl (C=O) groups is 9.